The molecule has 0 saturated heterocycles. The number of para-hydroxylation sites is 1. The summed E-state index contributed by atoms with van der Waals surface area (Å²) < 4.78 is 1.94. The largest absolute Gasteiger partial charge is 0.300 e. The van der Waals surface area contributed by atoms with Crippen LogP contribution >= 0.6 is 23.4 Å². The molecule has 0 fully saturated rings. The molecule has 7 nitrogen and oxygen atoms in total. The van der Waals surface area contributed by atoms with Gasteiger partial charge in [-0.15, -0.1) is 10.2 Å². The molecule has 0 saturated carbocycles. The van der Waals surface area contributed by atoms with E-state index in [9.17, 15) is 10.1 Å². The number of hydrogen-bond acceptors (Lipinski definition) is 6. The van der Waals surface area contributed by atoms with Gasteiger partial charge in [0.25, 0.3) is 0 Å². The van der Waals surface area contributed by atoms with Crippen molar-refractivity contribution in [3.8, 4) is 11.8 Å². The molecule has 1 atom stereocenters. The average Bonchev–Trinajstić information content (AvgIpc) is 3.20. The number of aromatic nitrogens is 3. The summed E-state index contributed by atoms with van der Waals surface area (Å²) in [5, 5.41) is 19.2. The van der Waals surface area contributed by atoms with Crippen LogP contribution in [0.5, 0.6) is 0 Å². The summed E-state index contributed by atoms with van der Waals surface area (Å²) in [6, 6.07) is 18.7. The standard InChI is InChI=1S/C22H23ClN6OS/c1-16(27(2)3)21-25-26-22(29(21)19-11-9-17(23)10-12-19)31-15-20(30)28(14-13-24)18-7-5-4-6-8-18/h4-12,16H,14-15H2,1-3H3/t16-/m0/s1. The number of benzene rings is 2. The molecule has 160 valence electrons. The van der Waals surface area contributed by atoms with Gasteiger partial charge in [-0.2, -0.15) is 5.26 Å². The predicted octanol–water partition coefficient (Wildman–Crippen LogP) is 4.19. The number of nitrogens with zero attached hydrogens (tertiary/aromatic N) is 6. The summed E-state index contributed by atoms with van der Waals surface area (Å²) in [5.74, 6) is 0.711. The van der Waals surface area contributed by atoms with E-state index in [0.29, 0.717) is 15.9 Å². The second-order valence-corrected chi connectivity index (χ2v) is 8.43. The Labute approximate surface area is 191 Å². The lowest BCUT2D eigenvalue weighted by atomic mass is 10.2. The minimum atomic E-state index is -0.175. The zero-order valence-electron chi connectivity index (χ0n) is 17.6. The highest BCUT2D eigenvalue weighted by Gasteiger charge is 2.23. The lowest BCUT2D eigenvalue weighted by Gasteiger charge is -2.21. The fourth-order valence-corrected chi connectivity index (χ4v) is 3.88. The maximum Gasteiger partial charge on any atom is 0.238 e. The van der Waals surface area contributed by atoms with Crippen LogP contribution in [0.15, 0.2) is 59.8 Å². The highest BCUT2D eigenvalue weighted by molar-refractivity contribution is 7.99. The van der Waals surface area contributed by atoms with Gasteiger partial charge in [-0.25, -0.2) is 0 Å². The molecule has 1 amide bonds. The van der Waals surface area contributed by atoms with Crippen molar-refractivity contribution in [3.63, 3.8) is 0 Å². The SMILES string of the molecule is C[C@@H](c1nnc(SCC(=O)N(CC#N)c2ccccc2)n1-c1ccc(Cl)cc1)N(C)C. The topological polar surface area (TPSA) is 78.0 Å². The van der Waals surface area contributed by atoms with Gasteiger partial charge in [0, 0.05) is 16.4 Å². The summed E-state index contributed by atoms with van der Waals surface area (Å²) in [6.45, 7) is 2.02. The van der Waals surface area contributed by atoms with Crippen molar-refractivity contribution < 1.29 is 4.79 Å². The van der Waals surface area contributed by atoms with E-state index in [1.54, 1.807) is 0 Å². The molecule has 3 aromatic rings. The third-order valence-electron chi connectivity index (χ3n) is 4.81. The van der Waals surface area contributed by atoms with E-state index in [1.165, 1.54) is 16.7 Å². The van der Waals surface area contributed by atoms with Crippen molar-refractivity contribution in [2.45, 2.75) is 18.1 Å². The Kier molecular flexibility index (Phi) is 7.69. The second kappa shape index (κ2) is 10.4. The first-order valence-corrected chi connectivity index (χ1v) is 11.0. The molecule has 0 N–H and O–H groups in total. The number of hydrogen-bond donors (Lipinski definition) is 0. The number of rotatable bonds is 8. The summed E-state index contributed by atoms with van der Waals surface area (Å²) in [4.78, 5) is 16.4. The van der Waals surface area contributed by atoms with E-state index in [-0.39, 0.29) is 24.2 Å². The van der Waals surface area contributed by atoms with Crippen LogP contribution in [0.2, 0.25) is 5.02 Å². The summed E-state index contributed by atoms with van der Waals surface area (Å²) >= 11 is 7.35. The Morgan fingerprint density at radius 1 is 1.16 bits per heavy atom. The zero-order chi connectivity index (χ0) is 22.4. The van der Waals surface area contributed by atoms with Gasteiger partial charge < -0.3 is 0 Å². The first-order valence-electron chi connectivity index (χ1n) is 9.65. The van der Waals surface area contributed by atoms with Crippen LogP contribution in [-0.4, -0.2) is 52.0 Å². The van der Waals surface area contributed by atoms with Gasteiger partial charge in [0.05, 0.1) is 17.9 Å². The first kappa shape index (κ1) is 22.8. The fourth-order valence-electron chi connectivity index (χ4n) is 2.92. The second-order valence-electron chi connectivity index (χ2n) is 7.05. The molecule has 0 unspecified atom stereocenters. The van der Waals surface area contributed by atoms with Crippen LogP contribution in [0.25, 0.3) is 5.69 Å². The first-order chi connectivity index (χ1) is 14.9. The van der Waals surface area contributed by atoms with Crippen molar-refractivity contribution >= 4 is 35.0 Å². The molecule has 31 heavy (non-hydrogen) atoms. The third-order valence-corrected chi connectivity index (χ3v) is 5.98. The monoisotopic (exact) mass is 454 g/mol. The van der Waals surface area contributed by atoms with Crippen LogP contribution in [0.3, 0.4) is 0 Å². The summed E-state index contributed by atoms with van der Waals surface area (Å²) in [7, 11) is 3.95. The number of amides is 1. The maximum atomic E-state index is 12.9. The van der Waals surface area contributed by atoms with Crippen LogP contribution < -0.4 is 4.90 Å². The van der Waals surface area contributed by atoms with Crippen molar-refractivity contribution in [1.29, 1.82) is 5.26 Å². The molecule has 0 aliphatic rings. The van der Waals surface area contributed by atoms with E-state index < -0.39 is 0 Å². The van der Waals surface area contributed by atoms with Crippen molar-refractivity contribution in [3.05, 3.63) is 65.4 Å². The average molecular weight is 455 g/mol. The van der Waals surface area contributed by atoms with E-state index in [2.05, 4.69) is 16.3 Å². The molecule has 0 aliphatic carbocycles. The van der Waals surface area contributed by atoms with E-state index in [0.717, 1.165) is 11.5 Å². The predicted molar refractivity (Wildman–Crippen MR) is 124 cm³/mol. The van der Waals surface area contributed by atoms with Gasteiger partial charge in [0.1, 0.15) is 6.54 Å². The number of carbonyl (C=O) groups excluding carboxylic acids is 1. The van der Waals surface area contributed by atoms with Gasteiger partial charge in [0.2, 0.25) is 5.91 Å². The molecule has 0 spiro atoms. The molecular weight excluding hydrogens is 432 g/mol. The van der Waals surface area contributed by atoms with Gasteiger partial charge >= 0.3 is 0 Å². The Hall–Kier alpha value is -2.86. The highest BCUT2D eigenvalue weighted by atomic mass is 35.5. The molecule has 1 aromatic heterocycles. The quantitative estimate of drug-likeness (QED) is 0.375. The Bertz CT molecular complexity index is 1060. The van der Waals surface area contributed by atoms with Crippen molar-refractivity contribution in [1.82, 2.24) is 19.7 Å². The molecule has 1 heterocycles. The number of thioether (sulfide) groups is 1. The van der Waals surface area contributed by atoms with Gasteiger partial charge in [-0.3, -0.25) is 19.2 Å². The van der Waals surface area contributed by atoms with Crippen LogP contribution in [0.4, 0.5) is 5.69 Å². The van der Waals surface area contributed by atoms with Crippen molar-refractivity contribution in [2.24, 2.45) is 0 Å². The van der Waals surface area contributed by atoms with E-state index >= 15 is 0 Å². The number of anilines is 1. The summed E-state index contributed by atoms with van der Waals surface area (Å²) in [5.41, 5.74) is 1.56. The minimum Gasteiger partial charge on any atom is -0.300 e. The molecule has 0 bridgehead atoms. The minimum absolute atomic E-state index is 0.00707. The Morgan fingerprint density at radius 2 is 1.84 bits per heavy atom. The molecule has 2 aromatic carbocycles. The molecule has 0 aliphatic heterocycles. The molecule has 0 radical (unpaired) electrons. The van der Waals surface area contributed by atoms with E-state index in [1.807, 2.05) is 85.1 Å². The zero-order valence-corrected chi connectivity index (χ0v) is 19.1. The Morgan fingerprint density at radius 3 is 2.45 bits per heavy atom. The van der Waals surface area contributed by atoms with Gasteiger partial charge in [-0.1, -0.05) is 41.6 Å². The fraction of sp³-hybridized carbons (Fsp3) is 0.273. The summed E-state index contributed by atoms with van der Waals surface area (Å²) in [6.07, 6.45) is 0. The smallest absolute Gasteiger partial charge is 0.238 e. The lowest BCUT2D eigenvalue weighted by Crippen LogP contribution is -2.32. The van der Waals surface area contributed by atoms with E-state index in [4.69, 9.17) is 11.6 Å². The normalized spacial score (nSPS) is 11.9. The van der Waals surface area contributed by atoms with Crippen LogP contribution in [0.1, 0.15) is 18.8 Å². The lowest BCUT2D eigenvalue weighted by molar-refractivity contribution is -0.116. The molecular formula is C22H23ClN6OS. The van der Waals surface area contributed by atoms with Crippen LogP contribution in [0, 0.1) is 11.3 Å². The van der Waals surface area contributed by atoms with Gasteiger partial charge in [0.15, 0.2) is 11.0 Å². The maximum absolute atomic E-state index is 12.9. The van der Waals surface area contributed by atoms with Gasteiger partial charge in [-0.05, 0) is 57.4 Å². The van der Waals surface area contributed by atoms with Crippen LogP contribution in [-0.2, 0) is 4.79 Å². The molecule has 9 heteroatoms. The Balaban J connectivity index is 1.88. The number of halogens is 1. The third kappa shape index (κ3) is 5.44. The highest BCUT2D eigenvalue weighted by Crippen LogP contribution is 2.28. The molecule has 3 rings (SSSR count). The number of nitriles is 1. The number of carbonyl (C=O) groups is 1. The van der Waals surface area contributed by atoms with Crippen molar-refractivity contribution in [2.75, 3.05) is 31.3 Å².